The molecule has 0 bridgehead atoms. The van der Waals surface area contributed by atoms with Crippen LogP contribution in [0.5, 0.6) is 0 Å². The van der Waals surface area contributed by atoms with E-state index in [1.807, 2.05) is 45.0 Å². The Labute approximate surface area is 157 Å². The molecular weight excluding hydrogens is 338 g/mol. The van der Waals surface area contributed by atoms with E-state index >= 15 is 0 Å². The molecule has 27 heavy (non-hydrogen) atoms. The highest BCUT2D eigenvalue weighted by Crippen LogP contribution is 2.21. The van der Waals surface area contributed by atoms with Gasteiger partial charge in [-0.1, -0.05) is 12.1 Å². The normalized spacial score (nSPS) is 10.1. The van der Waals surface area contributed by atoms with E-state index in [2.05, 4.69) is 20.6 Å². The van der Waals surface area contributed by atoms with E-state index in [0.717, 1.165) is 16.8 Å². The number of nitrogens with one attached hydrogen (secondary N) is 2. The van der Waals surface area contributed by atoms with Crippen molar-refractivity contribution in [2.75, 3.05) is 10.6 Å². The van der Waals surface area contributed by atoms with Crippen molar-refractivity contribution in [1.82, 2.24) is 9.97 Å². The number of amides is 1. The van der Waals surface area contributed by atoms with Crippen LogP contribution in [-0.4, -0.2) is 15.9 Å². The van der Waals surface area contributed by atoms with Crippen molar-refractivity contribution in [3.05, 3.63) is 76.6 Å². The molecule has 0 atom stereocenters. The van der Waals surface area contributed by atoms with E-state index in [0.29, 0.717) is 22.9 Å². The Hall–Kier alpha value is -3.72. The summed E-state index contributed by atoms with van der Waals surface area (Å²) >= 11 is 0. The third kappa shape index (κ3) is 4.28. The zero-order valence-corrected chi connectivity index (χ0v) is 15.4. The number of aromatic nitrogens is 2. The number of anilines is 3. The average molecular weight is 357 g/mol. The molecule has 0 saturated carbocycles. The summed E-state index contributed by atoms with van der Waals surface area (Å²) in [5.41, 5.74) is 5.24. The molecule has 3 aromatic rings. The highest BCUT2D eigenvalue weighted by molar-refractivity contribution is 6.03. The van der Waals surface area contributed by atoms with E-state index in [-0.39, 0.29) is 11.6 Å². The standard InChI is InChI=1S/C21H19N5O/c1-13-5-4-6-18(15(13)3)25-21-23-14(2)11-19(26-21)20(27)24-17-9-7-16(12-22)8-10-17/h4-11H,1-3H3,(H,24,27)(H,23,25,26). The van der Waals surface area contributed by atoms with Gasteiger partial charge in [0, 0.05) is 17.1 Å². The number of nitriles is 1. The molecule has 6 nitrogen and oxygen atoms in total. The summed E-state index contributed by atoms with van der Waals surface area (Å²) in [5.74, 6) is 0.0305. The van der Waals surface area contributed by atoms with E-state index < -0.39 is 0 Å². The van der Waals surface area contributed by atoms with Crippen LogP contribution in [0.2, 0.25) is 0 Å². The molecule has 2 aromatic carbocycles. The average Bonchev–Trinajstić information content (AvgIpc) is 2.65. The minimum Gasteiger partial charge on any atom is -0.324 e. The van der Waals surface area contributed by atoms with Gasteiger partial charge in [0.25, 0.3) is 5.91 Å². The summed E-state index contributed by atoms with van der Waals surface area (Å²) < 4.78 is 0. The molecule has 0 aliphatic rings. The van der Waals surface area contributed by atoms with E-state index in [4.69, 9.17) is 5.26 Å². The predicted molar refractivity (Wildman–Crippen MR) is 105 cm³/mol. The fraction of sp³-hybridized carbons (Fsp3) is 0.143. The van der Waals surface area contributed by atoms with Crippen molar-refractivity contribution < 1.29 is 4.79 Å². The Morgan fingerprint density at radius 1 is 1.04 bits per heavy atom. The monoisotopic (exact) mass is 357 g/mol. The van der Waals surface area contributed by atoms with Gasteiger partial charge in [0.15, 0.2) is 0 Å². The Bertz CT molecular complexity index is 1040. The first-order valence-electron chi connectivity index (χ1n) is 8.46. The lowest BCUT2D eigenvalue weighted by Gasteiger charge is -2.12. The molecule has 6 heteroatoms. The van der Waals surface area contributed by atoms with Gasteiger partial charge in [0.1, 0.15) is 5.69 Å². The summed E-state index contributed by atoms with van der Waals surface area (Å²) in [6, 6.07) is 16.3. The zero-order chi connectivity index (χ0) is 19.4. The first-order valence-corrected chi connectivity index (χ1v) is 8.46. The van der Waals surface area contributed by atoms with Crippen molar-refractivity contribution >= 4 is 23.2 Å². The molecule has 1 amide bonds. The number of benzene rings is 2. The van der Waals surface area contributed by atoms with Gasteiger partial charge in [-0.25, -0.2) is 9.97 Å². The van der Waals surface area contributed by atoms with Crippen molar-refractivity contribution in [3.63, 3.8) is 0 Å². The van der Waals surface area contributed by atoms with Crippen molar-refractivity contribution in [2.45, 2.75) is 20.8 Å². The summed E-state index contributed by atoms with van der Waals surface area (Å²) in [4.78, 5) is 21.3. The van der Waals surface area contributed by atoms with Crippen LogP contribution in [0.3, 0.4) is 0 Å². The van der Waals surface area contributed by atoms with E-state index in [9.17, 15) is 4.79 Å². The number of carbonyl (C=O) groups is 1. The molecule has 0 spiro atoms. The van der Waals surface area contributed by atoms with E-state index in [1.54, 1.807) is 30.3 Å². The van der Waals surface area contributed by atoms with Crippen LogP contribution in [0, 0.1) is 32.1 Å². The number of aryl methyl sites for hydroxylation is 2. The van der Waals surface area contributed by atoms with Gasteiger partial charge in [0.2, 0.25) is 5.95 Å². The number of hydrogen-bond donors (Lipinski definition) is 2. The molecule has 1 heterocycles. The quantitative estimate of drug-likeness (QED) is 0.728. The van der Waals surface area contributed by atoms with Gasteiger partial charge in [0.05, 0.1) is 11.6 Å². The van der Waals surface area contributed by atoms with E-state index in [1.165, 1.54) is 0 Å². The Morgan fingerprint density at radius 3 is 2.48 bits per heavy atom. The second-order valence-corrected chi connectivity index (χ2v) is 6.23. The van der Waals surface area contributed by atoms with Crippen LogP contribution < -0.4 is 10.6 Å². The van der Waals surface area contributed by atoms with Crippen LogP contribution in [-0.2, 0) is 0 Å². The first kappa shape index (κ1) is 18.1. The van der Waals surface area contributed by atoms with Crippen LogP contribution in [0.15, 0.2) is 48.5 Å². The fourth-order valence-electron chi connectivity index (χ4n) is 2.57. The number of nitrogens with zero attached hydrogens (tertiary/aromatic N) is 3. The second kappa shape index (κ2) is 7.67. The number of carbonyl (C=O) groups excluding carboxylic acids is 1. The number of rotatable bonds is 4. The van der Waals surface area contributed by atoms with Gasteiger partial charge in [-0.05, 0) is 68.3 Å². The maximum absolute atomic E-state index is 12.6. The van der Waals surface area contributed by atoms with Crippen molar-refractivity contribution in [1.29, 1.82) is 5.26 Å². The van der Waals surface area contributed by atoms with Gasteiger partial charge in [-0.3, -0.25) is 4.79 Å². The fourth-order valence-corrected chi connectivity index (χ4v) is 2.57. The lowest BCUT2D eigenvalue weighted by Crippen LogP contribution is -2.15. The van der Waals surface area contributed by atoms with Gasteiger partial charge in [-0.15, -0.1) is 0 Å². The molecule has 0 radical (unpaired) electrons. The smallest absolute Gasteiger partial charge is 0.274 e. The Balaban J connectivity index is 1.82. The SMILES string of the molecule is Cc1cc(C(=O)Nc2ccc(C#N)cc2)nc(Nc2cccc(C)c2C)n1. The second-order valence-electron chi connectivity index (χ2n) is 6.23. The largest absolute Gasteiger partial charge is 0.324 e. The summed E-state index contributed by atoms with van der Waals surface area (Å²) in [6.45, 7) is 5.87. The maximum atomic E-state index is 12.6. The predicted octanol–water partition coefficient (Wildman–Crippen LogP) is 4.27. The molecule has 1 aromatic heterocycles. The van der Waals surface area contributed by atoms with Gasteiger partial charge >= 0.3 is 0 Å². The molecule has 0 fully saturated rings. The third-order valence-corrected chi connectivity index (χ3v) is 4.21. The van der Waals surface area contributed by atoms with Crippen LogP contribution >= 0.6 is 0 Å². The van der Waals surface area contributed by atoms with Gasteiger partial charge < -0.3 is 10.6 Å². The minimum absolute atomic E-state index is 0.264. The lowest BCUT2D eigenvalue weighted by atomic mass is 10.1. The first-order chi connectivity index (χ1) is 13.0. The maximum Gasteiger partial charge on any atom is 0.274 e. The van der Waals surface area contributed by atoms with Crippen LogP contribution in [0.1, 0.15) is 32.9 Å². The van der Waals surface area contributed by atoms with Crippen LogP contribution in [0.4, 0.5) is 17.3 Å². The zero-order valence-electron chi connectivity index (χ0n) is 15.4. The van der Waals surface area contributed by atoms with Crippen molar-refractivity contribution in [2.24, 2.45) is 0 Å². The lowest BCUT2D eigenvalue weighted by molar-refractivity contribution is 0.102. The summed E-state index contributed by atoms with van der Waals surface area (Å²) in [7, 11) is 0. The highest BCUT2D eigenvalue weighted by atomic mass is 16.1. The van der Waals surface area contributed by atoms with Crippen LogP contribution in [0.25, 0.3) is 0 Å². The molecule has 0 saturated heterocycles. The summed E-state index contributed by atoms with van der Waals surface area (Å²) in [6.07, 6.45) is 0. The molecular formula is C21H19N5O. The Kier molecular flexibility index (Phi) is 5.13. The highest BCUT2D eigenvalue weighted by Gasteiger charge is 2.12. The summed E-state index contributed by atoms with van der Waals surface area (Å²) in [5, 5.41) is 14.8. The molecule has 0 unspecified atom stereocenters. The molecule has 0 aliphatic heterocycles. The van der Waals surface area contributed by atoms with Crippen molar-refractivity contribution in [3.8, 4) is 6.07 Å². The molecule has 3 rings (SSSR count). The van der Waals surface area contributed by atoms with Gasteiger partial charge in [-0.2, -0.15) is 5.26 Å². The Morgan fingerprint density at radius 2 is 1.78 bits per heavy atom. The number of hydrogen-bond acceptors (Lipinski definition) is 5. The minimum atomic E-state index is -0.339. The third-order valence-electron chi connectivity index (χ3n) is 4.21. The molecule has 2 N–H and O–H groups in total. The molecule has 134 valence electrons. The topological polar surface area (TPSA) is 90.7 Å². The molecule has 0 aliphatic carbocycles.